The van der Waals surface area contributed by atoms with Gasteiger partial charge in [-0.25, -0.2) is 4.39 Å². The number of aromatic nitrogens is 1. The van der Waals surface area contributed by atoms with E-state index in [-0.39, 0.29) is 16.4 Å². The second kappa shape index (κ2) is 4.14. The molecule has 84 valence electrons. The van der Waals surface area contributed by atoms with Crippen LogP contribution in [0.25, 0.3) is 11.3 Å². The highest BCUT2D eigenvalue weighted by atomic mass is 35.5. The van der Waals surface area contributed by atoms with Crippen molar-refractivity contribution in [3.8, 4) is 11.3 Å². The smallest absolute Gasteiger partial charge is 0.175 e. The molecule has 2 N–H and O–H groups in total. The third-order valence-electron chi connectivity index (χ3n) is 2.37. The Balaban J connectivity index is 2.63. The summed E-state index contributed by atoms with van der Waals surface area (Å²) in [5.41, 5.74) is 6.60. The van der Waals surface area contributed by atoms with Crippen molar-refractivity contribution in [1.82, 2.24) is 5.16 Å². The zero-order valence-electron chi connectivity index (χ0n) is 8.63. The standard InChI is InChI=1S/C11H10ClFN2O/c1-2-6-10(16-15-11(6)14)7-4-3-5-8(12)9(7)13/h3-5H,2H2,1H3,(H2,14,15). The van der Waals surface area contributed by atoms with Crippen molar-refractivity contribution in [3.63, 3.8) is 0 Å². The van der Waals surface area contributed by atoms with E-state index in [9.17, 15) is 4.39 Å². The average molecular weight is 241 g/mol. The fourth-order valence-electron chi connectivity index (χ4n) is 1.55. The molecule has 2 rings (SSSR count). The number of nitrogen functional groups attached to an aromatic ring is 1. The van der Waals surface area contributed by atoms with Gasteiger partial charge in [-0.15, -0.1) is 0 Å². The highest BCUT2D eigenvalue weighted by Crippen LogP contribution is 2.32. The third kappa shape index (κ3) is 1.65. The molecule has 0 unspecified atom stereocenters. The minimum absolute atomic E-state index is 0.0505. The quantitative estimate of drug-likeness (QED) is 0.876. The monoisotopic (exact) mass is 240 g/mol. The second-order valence-electron chi connectivity index (χ2n) is 3.33. The molecule has 0 aliphatic heterocycles. The molecule has 0 atom stereocenters. The third-order valence-corrected chi connectivity index (χ3v) is 2.66. The van der Waals surface area contributed by atoms with Gasteiger partial charge in [-0.05, 0) is 18.6 Å². The number of benzene rings is 1. The topological polar surface area (TPSA) is 52.0 Å². The summed E-state index contributed by atoms with van der Waals surface area (Å²) in [7, 11) is 0. The van der Waals surface area contributed by atoms with Crippen LogP contribution in [0.4, 0.5) is 10.2 Å². The van der Waals surface area contributed by atoms with Crippen LogP contribution >= 0.6 is 11.6 Å². The van der Waals surface area contributed by atoms with Gasteiger partial charge in [-0.1, -0.05) is 29.7 Å². The zero-order valence-corrected chi connectivity index (χ0v) is 9.38. The van der Waals surface area contributed by atoms with Crippen molar-refractivity contribution in [2.75, 3.05) is 5.73 Å². The van der Waals surface area contributed by atoms with Crippen molar-refractivity contribution in [3.05, 3.63) is 34.6 Å². The lowest BCUT2D eigenvalue weighted by molar-refractivity contribution is 0.432. The van der Waals surface area contributed by atoms with Crippen molar-refractivity contribution >= 4 is 17.4 Å². The first kappa shape index (κ1) is 11.0. The van der Waals surface area contributed by atoms with E-state index in [4.69, 9.17) is 21.9 Å². The van der Waals surface area contributed by atoms with Crippen molar-refractivity contribution in [2.24, 2.45) is 0 Å². The van der Waals surface area contributed by atoms with E-state index in [1.54, 1.807) is 12.1 Å². The van der Waals surface area contributed by atoms with Gasteiger partial charge in [0.15, 0.2) is 17.4 Å². The highest BCUT2D eigenvalue weighted by Gasteiger charge is 2.18. The molecule has 1 heterocycles. The highest BCUT2D eigenvalue weighted by molar-refractivity contribution is 6.31. The van der Waals surface area contributed by atoms with Crippen molar-refractivity contribution in [2.45, 2.75) is 13.3 Å². The Morgan fingerprint density at radius 1 is 1.50 bits per heavy atom. The molecule has 0 saturated heterocycles. The largest absolute Gasteiger partial charge is 0.381 e. The number of nitrogens with two attached hydrogens (primary N) is 1. The van der Waals surface area contributed by atoms with Gasteiger partial charge in [-0.3, -0.25) is 0 Å². The summed E-state index contributed by atoms with van der Waals surface area (Å²) in [6.07, 6.45) is 0.622. The van der Waals surface area contributed by atoms with E-state index in [0.29, 0.717) is 17.7 Å². The van der Waals surface area contributed by atoms with E-state index in [0.717, 1.165) is 0 Å². The maximum Gasteiger partial charge on any atom is 0.175 e. The molecule has 2 aromatic rings. The Kier molecular flexibility index (Phi) is 2.83. The van der Waals surface area contributed by atoms with Crippen LogP contribution in [-0.2, 0) is 6.42 Å². The van der Waals surface area contributed by atoms with Crippen LogP contribution in [0, 0.1) is 5.82 Å². The van der Waals surface area contributed by atoms with Crippen LogP contribution < -0.4 is 5.73 Å². The minimum atomic E-state index is -0.519. The summed E-state index contributed by atoms with van der Waals surface area (Å²) in [5, 5.41) is 3.68. The predicted molar refractivity (Wildman–Crippen MR) is 60.7 cm³/mol. The molecule has 0 spiro atoms. The van der Waals surface area contributed by atoms with Crippen LogP contribution in [0.1, 0.15) is 12.5 Å². The van der Waals surface area contributed by atoms with Gasteiger partial charge < -0.3 is 10.3 Å². The molecular formula is C11H10ClFN2O. The lowest BCUT2D eigenvalue weighted by Gasteiger charge is -2.02. The van der Waals surface area contributed by atoms with E-state index in [1.807, 2.05) is 6.92 Å². The molecule has 0 aliphatic carbocycles. The van der Waals surface area contributed by atoms with Crippen LogP contribution in [0.15, 0.2) is 22.7 Å². The van der Waals surface area contributed by atoms with E-state index in [2.05, 4.69) is 5.16 Å². The summed E-state index contributed by atoms with van der Waals surface area (Å²) in [6, 6.07) is 4.71. The Morgan fingerprint density at radius 3 is 2.94 bits per heavy atom. The second-order valence-corrected chi connectivity index (χ2v) is 3.74. The molecule has 0 bridgehead atoms. The fourth-order valence-corrected chi connectivity index (χ4v) is 1.73. The van der Waals surface area contributed by atoms with Crippen LogP contribution in [-0.4, -0.2) is 5.16 Å². The molecule has 3 nitrogen and oxygen atoms in total. The Hall–Kier alpha value is -1.55. The van der Waals surface area contributed by atoms with E-state index >= 15 is 0 Å². The maximum absolute atomic E-state index is 13.8. The summed E-state index contributed by atoms with van der Waals surface area (Å²) in [4.78, 5) is 0. The van der Waals surface area contributed by atoms with Gasteiger partial charge in [0.2, 0.25) is 0 Å². The first-order valence-corrected chi connectivity index (χ1v) is 5.21. The number of hydrogen-bond acceptors (Lipinski definition) is 3. The normalized spacial score (nSPS) is 10.7. The van der Waals surface area contributed by atoms with Gasteiger partial charge >= 0.3 is 0 Å². The van der Waals surface area contributed by atoms with Gasteiger partial charge in [0.1, 0.15) is 0 Å². The van der Waals surface area contributed by atoms with E-state index in [1.165, 1.54) is 6.07 Å². The first-order valence-electron chi connectivity index (χ1n) is 4.83. The summed E-state index contributed by atoms with van der Waals surface area (Å²) >= 11 is 5.70. The van der Waals surface area contributed by atoms with Crippen molar-refractivity contribution in [1.29, 1.82) is 0 Å². The molecular weight excluding hydrogens is 231 g/mol. The number of hydrogen-bond donors (Lipinski definition) is 1. The Labute approximate surface area is 97.0 Å². The van der Waals surface area contributed by atoms with Gasteiger partial charge in [0, 0.05) is 5.56 Å². The first-order chi connectivity index (χ1) is 7.65. The van der Waals surface area contributed by atoms with Crippen molar-refractivity contribution < 1.29 is 8.91 Å². The molecule has 16 heavy (non-hydrogen) atoms. The Bertz CT molecular complexity index is 525. The molecule has 5 heteroatoms. The summed E-state index contributed by atoms with van der Waals surface area (Å²) < 4.78 is 18.8. The van der Waals surface area contributed by atoms with Gasteiger partial charge in [-0.2, -0.15) is 0 Å². The molecule has 0 amide bonds. The fraction of sp³-hybridized carbons (Fsp3) is 0.182. The summed E-state index contributed by atoms with van der Waals surface area (Å²) in [6.45, 7) is 1.90. The lowest BCUT2D eigenvalue weighted by atomic mass is 10.1. The van der Waals surface area contributed by atoms with Gasteiger partial charge in [0.05, 0.1) is 10.6 Å². The SMILES string of the molecule is CCc1c(N)noc1-c1cccc(Cl)c1F. The summed E-state index contributed by atoms with van der Waals surface area (Å²) in [5.74, 6) is 0.117. The molecule has 1 aromatic heterocycles. The van der Waals surface area contributed by atoms with Crippen LogP contribution in [0.5, 0.6) is 0 Å². The maximum atomic E-state index is 13.8. The predicted octanol–water partition coefficient (Wildman–Crippen LogP) is 3.28. The lowest BCUT2D eigenvalue weighted by Crippen LogP contribution is -1.92. The Morgan fingerprint density at radius 2 is 2.25 bits per heavy atom. The number of anilines is 1. The number of halogens is 2. The van der Waals surface area contributed by atoms with Crippen LogP contribution in [0.2, 0.25) is 5.02 Å². The van der Waals surface area contributed by atoms with Crippen LogP contribution in [0.3, 0.4) is 0 Å². The molecule has 0 fully saturated rings. The zero-order chi connectivity index (χ0) is 11.7. The van der Waals surface area contributed by atoms with E-state index < -0.39 is 5.82 Å². The number of nitrogens with zero attached hydrogens (tertiary/aromatic N) is 1. The molecule has 0 radical (unpaired) electrons. The molecule has 1 aromatic carbocycles. The van der Waals surface area contributed by atoms with Gasteiger partial charge in [0.25, 0.3) is 0 Å². The number of rotatable bonds is 2. The molecule has 0 saturated carbocycles. The molecule has 0 aliphatic rings. The average Bonchev–Trinajstić information content (AvgIpc) is 2.63. The minimum Gasteiger partial charge on any atom is -0.381 e.